The van der Waals surface area contributed by atoms with Crippen LogP contribution in [0.4, 0.5) is 0 Å². The Morgan fingerprint density at radius 2 is 2.09 bits per heavy atom. The predicted molar refractivity (Wildman–Crippen MR) is 131 cm³/mol. The van der Waals surface area contributed by atoms with Crippen molar-refractivity contribution in [1.29, 1.82) is 0 Å². The zero-order valence-corrected chi connectivity index (χ0v) is 19.7. The zero-order chi connectivity index (χ0) is 23.4. The summed E-state index contributed by atoms with van der Waals surface area (Å²) < 4.78 is 9.75. The van der Waals surface area contributed by atoms with Gasteiger partial charge in [-0.25, -0.2) is 9.98 Å². The Hall–Kier alpha value is -2.71. The van der Waals surface area contributed by atoms with Crippen molar-refractivity contribution >= 4 is 18.1 Å². The highest BCUT2D eigenvalue weighted by Gasteiger charge is 2.31. The molecule has 2 aromatic heterocycles. The number of aromatic nitrogens is 4. The minimum Gasteiger partial charge on any atom is -0.443 e. The first-order valence-electron chi connectivity index (χ1n) is 12.0. The second kappa shape index (κ2) is 10.5. The smallest absolute Gasteiger partial charge is 0.174 e. The number of nitrogens with zero attached hydrogens (tertiary/aromatic N) is 5. The van der Waals surface area contributed by atoms with Crippen LogP contribution < -0.4 is 16.4 Å². The summed E-state index contributed by atoms with van der Waals surface area (Å²) >= 11 is 0. The Balaban J connectivity index is 1.42. The van der Waals surface area contributed by atoms with Crippen LogP contribution >= 0.6 is 0 Å². The summed E-state index contributed by atoms with van der Waals surface area (Å²) in [6, 6.07) is 0. The van der Waals surface area contributed by atoms with E-state index < -0.39 is 0 Å². The highest BCUT2D eigenvalue weighted by Crippen LogP contribution is 2.30. The average molecular weight is 454 g/mol. The third-order valence-electron chi connectivity index (χ3n) is 6.91. The fraction of sp³-hybridized carbons (Fsp3) is 0.560. The van der Waals surface area contributed by atoms with Gasteiger partial charge in [0.2, 0.25) is 0 Å². The van der Waals surface area contributed by atoms with Gasteiger partial charge in [-0.05, 0) is 31.3 Å². The van der Waals surface area contributed by atoms with Gasteiger partial charge in [0.15, 0.2) is 12.4 Å². The van der Waals surface area contributed by atoms with E-state index in [0.29, 0.717) is 22.9 Å². The third-order valence-corrected chi connectivity index (χ3v) is 6.91. The first-order chi connectivity index (χ1) is 16.0. The number of hydrogen-bond acceptors (Lipinski definition) is 5. The third kappa shape index (κ3) is 5.45. The molecule has 0 bridgehead atoms. The van der Waals surface area contributed by atoms with Crippen molar-refractivity contribution in [3.8, 4) is 0 Å². The molecule has 178 valence electrons. The van der Waals surface area contributed by atoms with E-state index in [2.05, 4.69) is 28.2 Å². The van der Waals surface area contributed by atoms with Crippen molar-refractivity contribution in [2.45, 2.75) is 77.2 Å². The zero-order valence-electron chi connectivity index (χ0n) is 19.7. The number of nitrogens with two attached hydrogens (primary N) is 1. The maximum atomic E-state index is 7.58. The summed E-state index contributed by atoms with van der Waals surface area (Å²) in [7, 11) is 0. The molecule has 3 heterocycles. The van der Waals surface area contributed by atoms with Crippen LogP contribution in [-0.4, -0.2) is 42.9 Å². The molecule has 33 heavy (non-hydrogen) atoms. The van der Waals surface area contributed by atoms with Crippen molar-refractivity contribution in [2.24, 2.45) is 16.6 Å². The van der Waals surface area contributed by atoms with Crippen molar-refractivity contribution in [3.63, 3.8) is 0 Å². The molecule has 1 aliphatic heterocycles. The highest BCUT2D eigenvalue weighted by atomic mass is 16.5. The molecule has 0 aromatic carbocycles. The number of aliphatic imine (C=N–C) groups is 1. The van der Waals surface area contributed by atoms with Gasteiger partial charge in [-0.2, -0.15) is 5.10 Å². The van der Waals surface area contributed by atoms with Gasteiger partial charge in [-0.15, -0.1) is 0 Å². The topological polar surface area (TPSA) is 106 Å². The number of rotatable bonds is 8. The molecule has 4 N–H and O–H groups in total. The Labute approximate surface area is 195 Å². The Morgan fingerprint density at radius 3 is 2.82 bits per heavy atom. The van der Waals surface area contributed by atoms with E-state index in [4.69, 9.17) is 15.6 Å². The van der Waals surface area contributed by atoms with Crippen LogP contribution in [-0.2, 0) is 11.3 Å². The van der Waals surface area contributed by atoms with Gasteiger partial charge in [-0.3, -0.25) is 4.68 Å². The van der Waals surface area contributed by atoms with Gasteiger partial charge in [0.25, 0.3) is 0 Å². The molecule has 0 radical (unpaired) electrons. The Bertz CT molecular complexity index is 1110. The Morgan fingerprint density at radius 1 is 1.30 bits per heavy atom. The monoisotopic (exact) mass is 453 g/mol. The standard InChI is InChI=1S/C25H36N6O2/c1-17-12-23(33-22(17)15-32)31-16-27-24(19(31)3)25(26)29-18(2)21-13-28-30(14-21)11-7-10-20-8-5-4-6-9-20/h13-14,16,20,22-23,32H,1,3-12,15,26H2,2H3/p+1/b25-24+,29-18?. The van der Waals surface area contributed by atoms with Gasteiger partial charge in [0, 0.05) is 24.7 Å². The Kier molecular flexibility index (Phi) is 7.45. The van der Waals surface area contributed by atoms with Crippen LogP contribution in [0.15, 0.2) is 35.9 Å². The fourth-order valence-corrected chi connectivity index (χ4v) is 4.88. The van der Waals surface area contributed by atoms with Crippen molar-refractivity contribution in [2.75, 3.05) is 6.61 Å². The van der Waals surface area contributed by atoms with Crippen LogP contribution in [0.3, 0.4) is 0 Å². The van der Waals surface area contributed by atoms with E-state index in [9.17, 15) is 0 Å². The molecule has 8 nitrogen and oxygen atoms in total. The fourth-order valence-electron chi connectivity index (χ4n) is 4.88. The molecule has 1 saturated carbocycles. The first kappa shape index (κ1) is 23.4. The number of aryl methyl sites for hydroxylation is 1. The second-order valence-electron chi connectivity index (χ2n) is 9.31. The summed E-state index contributed by atoms with van der Waals surface area (Å²) in [5.74, 6) is 1.21. The summed E-state index contributed by atoms with van der Waals surface area (Å²) in [5.41, 5.74) is 8.96. The van der Waals surface area contributed by atoms with Crippen molar-refractivity contribution < 1.29 is 9.84 Å². The molecule has 2 aromatic rings. The normalized spacial score (nSPS) is 23.3. The molecule has 8 heteroatoms. The summed E-state index contributed by atoms with van der Waals surface area (Å²) in [6.07, 6.45) is 15.1. The largest absolute Gasteiger partial charge is 0.443 e. The number of hydrogen-bond donors (Lipinski definition) is 1. The molecular weight excluding hydrogens is 416 g/mol. The molecule has 2 fully saturated rings. The van der Waals surface area contributed by atoms with Gasteiger partial charge in [0.05, 0.1) is 23.6 Å². The molecule has 0 spiro atoms. The van der Waals surface area contributed by atoms with E-state index in [1.165, 1.54) is 38.5 Å². The van der Waals surface area contributed by atoms with E-state index in [1.54, 1.807) is 6.33 Å². The van der Waals surface area contributed by atoms with Crippen LogP contribution in [0, 0.1) is 5.92 Å². The van der Waals surface area contributed by atoms with Crippen LogP contribution in [0.1, 0.15) is 70.1 Å². The van der Waals surface area contributed by atoms with Crippen LogP contribution in [0.2, 0.25) is 0 Å². The molecule has 1 saturated heterocycles. The van der Waals surface area contributed by atoms with Crippen molar-refractivity contribution in [1.82, 2.24) is 19.3 Å². The number of imidazole rings is 1. The molecule has 4 rings (SSSR count). The van der Waals surface area contributed by atoms with E-state index in [0.717, 1.165) is 35.7 Å². The van der Waals surface area contributed by atoms with Gasteiger partial charge >= 0.3 is 0 Å². The van der Waals surface area contributed by atoms with Gasteiger partial charge < -0.3 is 20.1 Å². The molecule has 2 atom stereocenters. The van der Waals surface area contributed by atoms with E-state index in [-0.39, 0.29) is 18.9 Å². The lowest BCUT2D eigenvalue weighted by molar-refractivity contribution is -0.0176. The maximum absolute atomic E-state index is 7.58. The molecule has 2 unspecified atom stereocenters. The van der Waals surface area contributed by atoms with E-state index >= 15 is 0 Å². The lowest BCUT2D eigenvalue weighted by Gasteiger charge is -2.21. The first-order valence-corrected chi connectivity index (χ1v) is 12.0. The van der Waals surface area contributed by atoms with Crippen LogP contribution in [0.25, 0.3) is 12.4 Å². The highest BCUT2D eigenvalue weighted by molar-refractivity contribution is 6.00. The maximum Gasteiger partial charge on any atom is 0.174 e. The number of ether oxygens (including phenoxy) is 1. The SMILES string of the molecule is C=C1CC(n2cn/c(=C(\N)N=C(C)c3cnn(CCCC4CCCCC4)c3)c2=C)OC1C[OH2+]. The van der Waals surface area contributed by atoms with Gasteiger partial charge in [0.1, 0.15) is 17.7 Å². The lowest BCUT2D eigenvalue weighted by Crippen LogP contribution is -2.34. The molecule has 2 aliphatic rings. The van der Waals surface area contributed by atoms with Crippen LogP contribution in [0.5, 0.6) is 0 Å². The molecule has 0 amide bonds. The quantitative estimate of drug-likeness (QED) is 0.375. The lowest BCUT2D eigenvalue weighted by atomic mass is 9.86. The van der Waals surface area contributed by atoms with Gasteiger partial charge in [-0.1, -0.05) is 45.3 Å². The average Bonchev–Trinajstić information content (AvgIpc) is 3.53. The minimum absolute atomic E-state index is 0.162. The second-order valence-corrected chi connectivity index (χ2v) is 9.31. The minimum atomic E-state index is -0.258. The summed E-state index contributed by atoms with van der Waals surface area (Å²) in [4.78, 5) is 9.01. The summed E-state index contributed by atoms with van der Waals surface area (Å²) in [6.45, 7) is 11.2. The van der Waals surface area contributed by atoms with E-state index in [1.807, 2.05) is 28.6 Å². The summed E-state index contributed by atoms with van der Waals surface area (Å²) in [5, 5.41) is 13.3. The molecule has 1 aliphatic carbocycles. The predicted octanol–water partition coefficient (Wildman–Crippen LogP) is 1.95. The molecular formula is C25H37N6O2+. The van der Waals surface area contributed by atoms with Crippen molar-refractivity contribution in [3.05, 3.63) is 47.1 Å².